The quantitative estimate of drug-likeness (QED) is 0.344. The molecule has 1 spiro atoms. The summed E-state index contributed by atoms with van der Waals surface area (Å²) in [4.78, 5) is 59.9. The Hall–Kier alpha value is -4.91. The van der Waals surface area contributed by atoms with E-state index >= 15 is 0 Å². The molecule has 3 unspecified atom stereocenters. The Morgan fingerprint density at radius 2 is 1.48 bits per heavy atom. The maximum Gasteiger partial charge on any atom is 0.327 e. The topological polar surface area (TPSA) is 167 Å². The monoisotopic (exact) mass is 625 g/mol. The van der Waals surface area contributed by atoms with Gasteiger partial charge in [-0.1, -0.05) is 18.5 Å². The van der Waals surface area contributed by atoms with Gasteiger partial charge in [-0.3, -0.25) is 24.4 Å². The first-order valence-corrected chi connectivity index (χ1v) is 13.8. The molecule has 13 nitrogen and oxygen atoms in total. The summed E-state index contributed by atoms with van der Waals surface area (Å²) in [5.41, 5.74) is -2.58. The van der Waals surface area contributed by atoms with Gasteiger partial charge in [-0.15, -0.1) is 0 Å². The SMILES string of the molecule is COc1cc(OC)c2c(c1Cl)OC1(C(=O)C3=C(CC1C)Nc1[nH]c(=O)[nH]c(=O)c1C3c1cc(OC)c(OC)c(OC)c1)C2=O. The number of aromatic nitrogens is 2. The maximum absolute atomic E-state index is 14.9. The summed E-state index contributed by atoms with van der Waals surface area (Å²) in [6.45, 7) is 1.70. The van der Waals surface area contributed by atoms with Crippen LogP contribution in [-0.4, -0.2) is 62.7 Å². The van der Waals surface area contributed by atoms with Crippen molar-refractivity contribution in [3.8, 4) is 34.5 Å². The minimum atomic E-state index is -2.04. The number of Topliss-reactive ketones (excluding diaryl/α,β-unsaturated/α-hetero) is 2. The molecule has 3 aromatic rings. The number of nitrogens with one attached hydrogen (secondary N) is 3. The number of allylic oxidation sites excluding steroid dienone is 1. The van der Waals surface area contributed by atoms with Crippen LogP contribution in [0.15, 0.2) is 39.1 Å². The summed E-state index contributed by atoms with van der Waals surface area (Å²) >= 11 is 6.59. The maximum atomic E-state index is 14.9. The number of methoxy groups -OCH3 is 5. The number of ketones is 2. The Morgan fingerprint density at radius 3 is 2.07 bits per heavy atom. The molecule has 2 aliphatic heterocycles. The molecule has 44 heavy (non-hydrogen) atoms. The average Bonchev–Trinajstić information content (AvgIpc) is 3.32. The van der Waals surface area contributed by atoms with E-state index in [2.05, 4.69) is 15.3 Å². The van der Waals surface area contributed by atoms with Gasteiger partial charge in [-0.25, -0.2) is 4.79 Å². The lowest BCUT2D eigenvalue weighted by Crippen LogP contribution is -2.58. The number of hydrogen-bond acceptors (Lipinski definition) is 11. The summed E-state index contributed by atoms with van der Waals surface area (Å²) in [7, 11) is 7.09. The molecule has 3 N–H and O–H groups in total. The molecule has 1 aliphatic carbocycles. The second-order valence-electron chi connectivity index (χ2n) is 10.5. The lowest BCUT2D eigenvalue weighted by Gasteiger charge is -2.42. The van der Waals surface area contributed by atoms with Crippen molar-refractivity contribution in [2.24, 2.45) is 5.92 Å². The van der Waals surface area contributed by atoms with Gasteiger partial charge in [0.05, 0.1) is 41.1 Å². The summed E-state index contributed by atoms with van der Waals surface area (Å²) in [5, 5.41) is 3.08. The molecule has 14 heteroatoms. The van der Waals surface area contributed by atoms with Gasteiger partial charge in [-0.05, 0) is 24.1 Å². The Bertz CT molecular complexity index is 1890. The predicted octanol–water partition coefficient (Wildman–Crippen LogP) is 3.19. The van der Waals surface area contributed by atoms with Crippen molar-refractivity contribution in [1.82, 2.24) is 9.97 Å². The fourth-order valence-corrected chi connectivity index (χ4v) is 6.65. The molecule has 3 atom stereocenters. The molecule has 1 aromatic heterocycles. The second kappa shape index (κ2) is 10.4. The van der Waals surface area contributed by atoms with Gasteiger partial charge < -0.3 is 33.7 Å². The van der Waals surface area contributed by atoms with E-state index in [1.165, 1.54) is 41.6 Å². The second-order valence-corrected chi connectivity index (χ2v) is 10.9. The number of hydrogen-bond donors (Lipinski definition) is 3. The van der Waals surface area contributed by atoms with Crippen molar-refractivity contribution < 1.29 is 38.0 Å². The number of rotatable bonds is 6. The fourth-order valence-electron chi connectivity index (χ4n) is 6.39. The van der Waals surface area contributed by atoms with Crippen LogP contribution in [0, 0.1) is 5.92 Å². The minimum absolute atomic E-state index is 0.00983. The highest BCUT2D eigenvalue weighted by atomic mass is 35.5. The van der Waals surface area contributed by atoms with Gasteiger partial charge in [0, 0.05) is 29.2 Å². The normalized spacial score (nSPS) is 21.6. The van der Waals surface area contributed by atoms with Crippen LogP contribution in [0.1, 0.15) is 40.7 Å². The van der Waals surface area contributed by atoms with Crippen LogP contribution in [0.2, 0.25) is 5.02 Å². The van der Waals surface area contributed by atoms with Gasteiger partial charge in [0.15, 0.2) is 17.2 Å². The molecule has 0 saturated heterocycles. The zero-order chi connectivity index (χ0) is 31.7. The lowest BCUT2D eigenvalue weighted by atomic mass is 9.66. The van der Waals surface area contributed by atoms with Crippen LogP contribution in [0.25, 0.3) is 0 Å². The van der Waals surface area contributed by atoms with Crippen molar-refractivity contribution >= 4 is 29.0 Å². The third-order valence-corrected chi connectivity index (χ3v) is 8.74. The molecule has 0 bridgehead atoms. The summed E-state index contributed by atoms with van der Waals surface area (Å²) in [6, 6.07) is 4.66. The van der Waals surface area contributed by atoms with Gasteiger partial charge in [-0.2, -0.15) is 0 Å². The highest BCUT2D eigenvalue weighted by Gasteiger charge is 2.63. The van der Waals surface area contributed by atoms with Crippen LogP contribution >= 0.6 is 11.6 Å². The summed E-state index contributed by atoms with van der Waals surface area (Å²) in [5.74, 6) is -1.92. The number of H-pyrrole nitrogens is 2. The molecule has 0 saturated carbocycles. The van der Waals surface area contributed by atoms with Crippen molar-refractivity contribution in [1.29, 1.82) is 0 Å². The minimum Gasteiger partial charge on any atom is -0.496 e. The zero-order valence-corrected chi connectivity index (χ0v) is 25.3. The summed E-state index contributed by atoms with van der Waals surface area (Å²) < 4.78 is 33.7. The smallest absolute Gasteiger partial charge is 0.327 e. The van der Waals surface area contributed by atoms with Crippen LogP contribution in [0.3, 0.4) is 0 Å². The van der Waals surface area contributed by atoms with Crippen molar-refractivity contribution in [2.75, 3.05) is 40.9 Å². The van der Waals surface area contributed by atoms with E-state index in [4.69, 9.17) is 40.0 Å². The molecule has 0 fully saturated rings. The predicted molar refractivity (Wildman–Crippen MR) is 157 cm³/mol. The fraction of sp³-hybridized carbons (Fsp3) is 0.333. The van der Waals surface area contributed by atoms with Crippen LogP contribution < -0.4 is 45.0 Å². The van der Waals surface area contributed by atoms with E-state index in [0.29, 0.717) is 11.3 Å². The lowest BCUT2D eigenvalue weighted by molar-refractivity contribution is -0.130. The largest absolute Gasteiger partial charge is 0.496 e. The molecule has 3 heterocycles. The van der Waals surface area contributed by atoms with E-state index in [1.54, 1.807) is 19.1 Å². The number of ether oxygens (including phenoxy) is 6. The number of carbonyl (C=O) groups is 2. The van der Waals surface area contributed by atoms with E-state index in [9.17, 15) is 19.2 Å². The van der Waals surface area contributed by atoms with Crippen molar-refractivity contribution in [2.45, 2.75) is 24.9 Å². The van der Waals surface area contributed by atoms with Gasteiger partial charge >= 0.3 is 5.69 Å². The first kappa shape index (κ1) is 29.2. The third-order valence-electron chi connectivity index (χ3n) is 8.38. The summed E-state index contributed by atoms with van der Waals surface area (Å²) in [6.07, 6.45) is 0.132. The molecular weight excluding hydrogens is 598 g/mol. The Labute approximate surface area is 255 Å². The van der Waals surface area contributed by atoms with Crippen molar-refractivity contribution in [3.05, 3.63) is 72.0 Å². The highest BCUT2D eigenvalue weighted by molar-refractivity contribution is 6.36. The van der Waals surface area contributed by atoms with E-state index in [0.717, 1.165) is 0 Å². The van der Waals surface area contributed by atoms with Crippen molar-refractivity contribution in [3.63, 3.8) is 0 Å². The van der Waals surface area contributed by atoms with Crippen LogP contribution in [0.4, 0.5) is 5.82 Å². The molecular formula is C30H28ClN3O10. The van der Waals surface area contributed by atoms with Crippen LogP contribution in [0.5, 0.6) is 34.5 Å². The highest BCUT2D eigenvalue weighted by Crippen LogP contribution is 2.56. The Kier molecular flexibility index (Phi) is 6.87. The molecule has 2 aromatic carbocycles. The molecule has 0 amide bonds. The number of anilines is 1. The number of halogens is 1. The van der Waals surface area contributed by atoms with E-state index in [-0.39, 0.29) is 68.5 Å². The first-order valence-electron chi connectivity index (χ1n) is 13.5. The van der Waals surface area contributed by atoms with E-state index < -0.39 is 40.3 Å². The van der Waals surface area contributed by atoms with Crippen LogP contribution in [-0.2, 0) is 4.79 Å². The number of carbonyl (C=O) groups excluding carboxylic acids is 2. The van der Waals surface area contributed by atoms with Gasteiger partial charge in [0.2, 0.25) is 22.9 Å². The Morgan fingerprint density at radius 1 is 0.841 bits per heavy atom. The first-order chi connectivity index (χ1) is 21.1. The van der Waals surface area contributed by atoms with Gasteiger partial charge in [0.1, 0.15) is 27.9 Å². The Balaban J connectivity index is 1.61. The van der Waals surface area contributed by atoms with E-state index in [1.807, 2.05) is 0 Å². The number of aromatic amines is 2. The standard InChI is InChI=1S/C30H28ClN3O10/c1-11-7-13-19(25(35)30(11)26(36)20-14(39-2)10-15(40-3)22(31)24(20)44-30)18(21-27(32-13)33-29(38)34-28(21)37)12-8-16(41-4)23(43-6)17(9-12)42-5/h8-11,18H,7H2,1-6H3,(H3,32,33,34,37,38). The molecule has 3 aliphatic rings. The molecule has 230 valence electrons. The zero-order valence-electron chi connectivity index (χ0n) is 24.6. The molecule has 0 radical (unpaired) electrons. The third kappa shape index (κ3) is 3.85. The van der Waals surface area contributed by atoms with Gasteiger partial charge in [0.25, 0.3) is 5.56 Å². The number of fused-ring (bicyclic) bond motifs is 2. The number of benzene rings is 2. The average molecular weight is 626 g/mol. The molecule has 6 rings (SSSR count).